The first kappa shape index (κ1) is 18.5. The van der Waals surface area contributed by atoms with Crippen LogP contribution in [0.4, 0.5) is 0 Å². The molecule has 1 amide bonds. The number of methoxy groups -OCH3 is 1. The summed E-state index contributed by atoms with van der Waals surface area (Å²) in [5.41, 5.74) is 3.41. The van der Waals surface area contributed by atoms with Crippen molar-refractivity contribution in [2.24, 2.45) is 0 Å². The van der Waals surface area contributed by atoms with Crippen molar-refractivity contribution >= 4 is 21.8 Å². The molecule has 0 heterocycles. The highest BCUT2D eigenvalue weighted by Crippen LogP contribution is 2.27. The molecule has 0 aliphatic carbocycles. The molecule has 0 saturated carbocycles. The van der Waals surface area contributed by atoms with Crippen molar-refractivity contribution in [3.63, 3.8) is 0 Å². The first-order valence-corrected chi connectivity index (χ1v) is 8.68. The first-order chi connectivity index (χ1) is 11.5. The van der Waals surface area contributed by atoms with Crippen molar-refractivity contribution in [3.05, 3.63) is 63.6 Å². The van der Waals surface area contributed by atoms with E-state index in [-0.39, 0.29) is 18.5 Å². The zero-order valence-corrected chi connectivity index (χ0v) is 15.8. The Balaban J connectivity index is 1.83. The average Bonchev–Trinajstić information content (AvgIpc) is 2.58. The van der Waals surface area contributed by atoms with E-state index in [9.17, 15) is 4.79 Å². The summed E-state index contributed by atoms with van der Waals surface area (Å²) in [6.45, 7) is 4.90. The predicted molar refractivity (Wildman–Crippen MR) is 100 cm³/mol. The lowest BCUT2D eigenvalue weighted by Crippen LogP contribution is -2.34. The van der Waals surface area contributed by atoms with Crippen LogP contribution in [-0.2, 0) is 11.3 Å². The van der Waals surface area contributed by atoms with Crippen LogP contribution >= 0.6 is 15.9 Å². The Bertz CT molecular complexity index is 704. The number of amides is 1. The van der Waals surface area contributed by atoms with Crippen molar-refractivity contribution in [2.45, 2.75) is 26.4 Å². The highest BCUT2D eigenvalue weighted by molar-refractivity contribution is 9.10. The number of carbonyl (C=O) groups is 1. The van der Waals surface area contributed by atoms with Gasteiger partial charge < -0.3 is 15.4 Å². The molecule has 0 aromatic heterocycles. The van der Waals surface area contributed by atoms with Crippen LogP contribution in [0.2, 0.25) is 0 Å². The summed E-state index contributed by atoms with van der Waals surface area (Å²) in [6, 6.07) is 14.0. The van der Waals surface area contributed by atoms with E-state index in [2.05, 4.69) is 26.6 Å². The quantitative estimate of drug-likeness (QED) is 0.756. The SMILES string of the molecule is COc1ccc([C@@H](C)NCC(=O)NCc2ccccc2C)cc1Br. The Hall–Kier alpha value is -1.85. The molecule has 0 saturated heterocycles. The second-order valence-electron chi connectivity index (χ2n) is 5.70. The summed E-state index contributed by atoms with van der Waals surface area (Å²) in [6.07, 6.45) is 0. The van der Waals surface area contributed by atoms with Crippen LogP contribution in [0, 0.1) is 6.92 Å². The molecule has 2 N–H and O–H groups in total. The van der Waals surface area contributed by atoms with E-state index in [0.717, 1.165) is 21.3 Å². The molecule has 4 nitrogen and oxygen atoms in total. The van der Waals surface area contributed by atoms with E-state index in [1.54, 1.807) is 7.11 Å². The molecule has 0 unspecified atom stereocenters. The number of ether oxygens (including phenoxy) is 1. The van der Waals surface area contributed by atoms with Gasteiger partial charge in [0.25, 0.3) is 0 Å². The second-order valence-corrected chi connectivity index (χ2v) is 6.55. The van der Waals surface area contributed by atoms with E-state index in [0.29, 0.717) is 6.54 Å². The van der Waals surface area contributed by atoms with Gasteiger partial charge in [-0.3, -0.25) is 4.79 Å². The summed E-state index contributed by atoms with van der Waals surface area (Å²) >= 11 is 3.48. The van der Waals surface area contributed by atoms with Crippen LogP contribution < -0.4 is 15.4 Å². The molecular formula is C19H23BrN2O2. The Morgan fingerprint density at radius 1 is 1.25 bits per heavy atom. The van der Waals surface area contributed by atoms with Crippen molar-refractivity contribution in [1.82, 2.24) is 10.6 Å². The first-order valence-electron chi connectivity index (χ1n) is 7.89. The predicted octanol–water partition coefficient (Wildman–Crippen LogP) is 3.73. The van der Waals surface area contributed by atoms with Crippen LogP contribution in [-0.4, -0.2) is 19.6 Å². The largest absolute Gasteiger partial charge is 0.496 e. The molecule has 128 valence electrons. The van der Waals surface area contributed by atoms with E-state index >= 15 is 0 Å². The molecule has 0 bridgehead atoms. The van der Waals surface area contributed by atoms with Crippen LogP contribution in [0.5, 0.6) is 5.75 Å². The molecule has 5 heteroatoms. The fraction of sp³-hybridized carbons (Fsp3) is 0.316. The van der Waals surface area contributed by atoms with Gasteiger partial charge in [0.2, 0.25) is 5.91 Å². The van der Waals surface area contributed by atoms with Crippen LogP contribution in [0.25, 0.3) is 0 Å². The second kappa shape index (κ2) is 8.85. The molecular weight excluding hydrogens is 368 g/mol. The fourth-order valence-electron chi connectivity index (χ4n) is 2.38. The van der Waals surface area contributed by atoms with Crippen LogP contribution in [0.1, 0.15) is 29.7 Å². The van der Waals surface area contributed by atoms with Crippen molar-refractivity contribution in [3.8, 4) is 5.75 Å². The number of hydrogen-bond acceptors (Lipinski definition) is 3. The molecule has 0 spiro atoms. The minimum Gasteiger partial charge on any atom is -0.496 e. The fourth-order valence-corrected chi connectivity index (χ4v) is 2.94. The lowest BCUT2D eigenvalue weighted by atomic mass is 10.1. The molecule has 2 aromatic carbocycles. The standard InChI is InChI=1S/C19H23BrN2O2/c1-13-6-4-5-7-16(13)11-22-19(23)12-21-14(2)15-8-9-18(24-3)17(20)10-15/h4-10,14,21H,11-12H2,1-3H3,(H,22,23)/t14-/m1/s1. The topological polar surface area (TPSA) is 50.4 Å². The lowest BCUT2D eigenvalue weighted by molar-refractivity contribution is -0.120. The maximum atomic E-state index is 12.0. The number of benzene rings is 2. The number of hydrogen-bond donors (Lipinski definition) is 2. The highest BCUT2D eigenvalue weighted by atomic mass is 79.9. The Labute approximate surface area is 151 Å². The van der Waals surface area contributed by atoms with E-state index in [4.69, 9.17) is 4.74 Å². The monoisotopic (exact) mass is 390 g/mol. The van der Waals surface area contributed by atoms with Gasteiger partial charge in [0.05, 0.1) is 18.1 Å². The Morgan fingerprint density at radius 3 is 2.67 bits per heavy atom. The molecule has 0 fully saturated rings. The van der Waals surface area contributed by atoms with Crippen molar-refractivity contribution < 1.29 is 9.53 Å². The third-order valence-electron chi connectivity index (χ3n) is 3.98. The summed E-state index contributed by atoms with van der Waals surface area (Å²) in [5.74, 6) is 0.777. The average molecular weight is 391 g/mol. The molecule has 2 aromatic rings. The zero-order chi connectivity index (χ0) is 17.5. The number of halogens is 1. The Kier molecular flexibility index (Phi) is 6.82. The zero-order valence-electron chi connectivity index (χ0n) is 14.2. The van der Waals surface area contributed by atoms with Crippen molar-refractivity contribution in [2.75, 3.05) is 13.7 Å². The number of aryl methyl sites for hydroxylation is 1. The van der Waals surface area contributed by atoms with Gasteiger partial charge in [0, 0.05) is 12.6 Å². The minimum absolute atomic E-state index is 0.0160. The molecule has 0 aliphatic rings. The van der Waals surface area contributed by atoms with E-state index < -0.39 is 0 Å². The summed E-state index contributed by atoms with van der Waals surface area (Å²) in [5, 5.41) is 6.19. The molecule has 2 rings (SSSR count). The van der Waals surface area contributed by atoms with Gasteiger partial charge in [-0.15, -0.1) is 0 Å². The van der Waals surface area contributed by atoms with Gasteiger partial charge >= 0.3 is 0 Å². The molecule has 1 atom stereocenters. The van der Waals surface area contributed by atoms with Gasteiger partial charge in [0.15, 0.2) is 0 Å². The summed E-state index contributed by atoms with van der Waals surface area (Å²) in [4.78, 5) is 12.0. The van der Waals surface area contributed by atoms with Gasteiger partial charge in [-0.05, 0) is 58.6 Å². The van der Waals surface area contributed by atoms with Crippen LogP contribution in [0.3, 0.4) is 0 Å². The maximum Gasteiger partial charge on any atom is 0.234 e. The molecule has 24 heavy (non-hydrogen) atoms. The molecule has 0 aliphatic heterocycles. The Morgan fingerprint density at radius 2 is 2.00 bits per heavy atom. The third-order valence-corrected chi connectivity index (χ3v) is 4.60. The van der Waals surface area contributed by atoms with E-state index in [1.165, 1.54) is 5.56 Å². The molecule has 0 radical (unpaired) electrons. The van der Waals surface area contributed by atoms with Gasteiger partial charge in [-0.25, -0.2) is 0 Å². The van der Waals surface area contributed by atoms with Gasteiger partial charge in [-0.1, -0.05) is 30.3 Å². The third kappa shape index (κ3) is 5.08. The number of carbonyl (C=O) groups excluding carboxylic acids is 1. The minimum atomic E-state index is -0.0160. The van der Waals surface area contributed by atoms with Crippen LogP contribution in [0.15, 0.2) is 46.9 Å². The smallest absolute Gasteiger partial charge is 0.234 e. The lowest BCUT2D eigenvalue weighted by Gasteiger charge is -2.16. The van der Waals surface area contributed by atoms with Crippen molar-refractivity contribution in [1.29, 1.82) is 0 Å². The number of nitrogens with one attached hydrogen (secondary N) is 2. The number of rotatable bonds is 7. The summed E-state index contributed by atoms with van der Waals surface area (Å²) in [7, 11) is 1.64. The summed E-state index contributed by atoms with van der Waals surface area (Å²) < 4.78 is 6.13. The van der Waals surface area contributed by atoms with Gasteiger partial charge in [-0.2, -0.15) is 0 Å². The normalized spacial score (nSPS) is 11.8. The van der Waals surface area contributed by atoms with Gasteiger partial charge in [0.1, 0.15) is 5.75 Å². The maximum absolute atomic E-state index is 12.0. The highest BCUT2D eigenvalue weighted by Gasteiger charge is 2.10. The van der Waals surface area contributed by atoms with E-state index in [1.807, 2.05) is 56.3 Å².